The number of aromatic nitrogens is 3. The number of rotatable bonds is 3. The smallest absolute Gasteiger partial charge is 0.167 e. The number of nitrogens with zero attached hydrogens (tertiary/aromatic N) is 3. The summed E-state index contributed by atoms with van der Waals surface area (Å²) in [5.41, 5.74) is 4.22. The van der Waals surface area contributed by atoms with Crippen LogP contribution in [0.25, 0.3) is 33.4 Å². The van der Waals surface area contributed by atoms with Crippen molar-refractivity contribution in [2.45, 2.75) is 26.8 Å². The zero-order valence-corrected chi connectivity index (χ0v) is 13.0. The van der Waals surface area contributed by atoms with Crippen LogP contribution in [0.15, 0.2) is 40.9 Å². The molecule has 0 N–H and O–H groups in total. The zero-order valence-electron chi connectivity index (χ0n) is 13.0. The largest absolute Gasteiger partial charge is 0.356 e. The Morgan fingerprint density at radius 1 is 1.17 bits per heavy atom. The maximum atomic E-state index is 13.6. The first-order valence-electron chi connectivity index (χ1n) is 7.69. The Morgan fingerprint density at radius 2 is 2.04 bits per heavy atom. The van der Waals surface area contributed by atoms with Crippen molar-refractivity contribution in [1.82, 2.24) is 14.7 Å². The Kier molecular flexibility index (Phi) is 3.15. The summed E-state index contributed by atoms with van der Waals surface area (Å²) in [6, 6.07) is 10.6. The number of hydrogen-bond acceptors (Lipinski definition) is 3. The van der Waals surface area contributed by atoms with Crippen molar-refractivity contribution in [2.24, 2.45) is 0 Å². The molecule has 0 amide bonds. The van der Waals surface area contributed by atoms with Crippen molar-refractivity contribution in [1.29, 1.82) is 0 Å². The van der Waals surface area contributed by atoms with E-state index in [1.54, 1.807) is 12.1 Å². The van der Waals surface area contributed by atoms with Crippen LogP contribution >= 0.6 is 0 Å². The molecule has 0 saturated carbocycles. The summed E-state index contributed by atoms with van der Waals surface area (Å²) in [6.07, 6.45) is 0.948. The zero-order chi connectivity index (χ0) is 16.0. The number of fused-ring (bicyclic) bond motifs is 2. The molecule has 0 radical (unpaired) electrons. The van der Waals surface area contributed by atoms with Gasteiger partial charge in [0, 0.05) is 17.5 Å². The number of hydrogen-bond donors (Lipinski definition) is 0. The lowest BCUT2D eigenvalue weighted by atomic mass is 10.1. The highest BCUT2D eigenvalue weighted by Gasteiger charge is 2.14. The lowest BCUT2D eigenvalue weighted by Crippen LogP contribution is -1.99. The van der Waals surface area contributed by atoms with Gasteiger partial charge in [-0.05, 0) is 49.7 Å². The lowest BCUT2D eigenvalue weighted by molar-refractivity contribution is 0.450. The molecule has 23 heavy (non-hydrogen) atoms. The normalized spacial score (nSPS) is 11.6. The second kappa shape index (κ2) is 5.19. The van der Waals surface area contributed by atoms with Gasteiger partial charge in [0.25, 0.3) is 0 Å². The fraction of sp³-hybridized carbons (Fsp3) is 0.222. The van der Waals surface area contributed by atoms with Gasteiger partial charge in [0.15, 0.2) is 5.58 Å². The quantitative estimate of drug-likeness (QED) is 0.551. The molecular weight excluding hydrogens is 293 g/mol. The van der Waals surface area contributed by atoms with E-state index >= 15 is 0 Å². The van der Waals surface area contributed by atoms with Gasteiger partial charge < -0.3 is 9.09 Å². The van der Waals surface area contributed by atoms with Gasteiger partial charge in [-0.15, -0.1) is 0 Å². The van der Waals surface area contributed by atoms with Crippen LogP contribution in [0.4, 0.5) is 4.39 Å². The molecule has 0 atom stereocenters. The van der Waals surface area contributed by atoms with Gasteiger partial charge in [-0.25, -0.2) is 9.37 Å². The van der Waals surface area contributed by atoms with E-state index in [-0.39, 0.29) is 5.82 Å². The van der Waals surface area contributed by atoms with Crippen LogP contribution in [0.5, 0.6) is 0 Å². The summed E-state index contributed by atoms with van der Waals surface area (Å²) in [6.45, 7) is 4.80. The minimum absolute atomic E-state index is 0.244. The fourth-order valence-corrected chi connectivity index (χ4v) is 2.96. The van der Waals surface area contributed by atoms with Crippen molar-refractivity contribution in [2.75, 3.05) is 0 Å². The molecule has 0 spiro atoms. The summed E-state index contributed by atoms with van der Waals surface area (Å²) < 4.78 is 21.0. The van der Waals surface area contributed by atoms with Gasteiger partial charge in [-0.3, -0.25) is 0 Å². The van der Waals surface area contributed by atoms with Gasteiger partial charge in [0.1, 0.15) is 11.6 Å². The van der Waals surface area contributed by atoms with Crippen molar-refractivity contribution in [3.05, 3.63) is 47.9 Å². The van der Waals surface area contributed by atoms with Gasteiger partial charge in [-0.2, -0.15) is 0 Å². The highest BCUT2D eigenvalue weighted by Crippen LogP contribution is 2.29. The van der Waals surface area contributed by atoms with E-state index in [2.05, 4.69) is 16.6 Å². The third kappa shape index (κ3) is 2.20. The molecule has 116 valence electrons. The van der Waals surface area contributed by atoms with E-state index in [9.17, 15) is 4.39 Å². The number of benzene rings is 2. The van der Waals surface area contributed by atoms with E-state index in [0.717, 1.165) is 52.1 Å². The van der Waals surface area contributed by atoms with Crippen LogP contribution in [0.1, 0.15) is 19.0 Å². The third-order valence-corrected chi connectivity index (χ3v) is 4.07. The highest BCUT2D eigenvalue weighted by molar-refractivity contribution is 5.86. The van der Waals surface area contributed by atoms with Gasteiger partial charge >= 0.3 is 0 Å². The maximum absolute atomic E-state index is 13.6. The number of imidazole rings is 1. The summed E-state index contributed by atoms with van der Waals surface area (Å²) in [7, 11) is 0. The summed E-state index contributed by atoms with van der Waals surface area (Å²) in [5, 5.41) is 4.97. The van der Waals surface area contributed by atoms with E-state index < -0.39 is 0 Å². The molecule has 0 aliphatic heterocycles. The van der Waals surface area contributed by atoms with Crippen LogP contribution in [-0.2, 0) is 6.54 Å². The minimum Gasteiger partial charge on any atom is -0.356 e. The Morgan fingerprint density at radius 3 is 2.87 bits per heavy atom. The third-order valence-electron chi connectivity index (χ3n) is 4.07. The average Bonchev–Trinajstić information content (AvgIpc) is 3.09. The molecule has 0 bridgehead atoms. The van der Waals surface area contributed by atoms with Crippen molar-refractivity contribution >= 4 is 22.0 Å². The van der Waals surface area contributed by atoms with Crippen LogP contribution in [-0.4, -0.2) is 14.7 Å². The van der Waals surface area contributed by atoms with Crippen LogP contribution in [0.2, 0.25) is 0 Å². The molecule has 2 aromatic heterocycles. The molecule has 0 aliphatic rings. The van der Waals surface area contributed by atoms with Crippen LogP contribution in [0.3, 0.4) is 0 Å². The Balaban J connectivity index is 1.98. The van der Waals surface area contributed by atoms with E-state index in [1.165, 1.54) is 6.07 Å². The van der Waals surface area contributed by atoms with Crippen LogP contribution < -0.4 is 0 Å². The van der Waals surface area contributed by atoms with E-state index in [0.29, 0.717) is 0 Å². The first kappa shape index (κ1) is 13.9. The molecule has 5 heteroatoms. The maximum Gasteiger partial charge on any atom is 0.167 e. The minimum atomic E-state index is -0.244. The molecule has 0 aliphatic carbocycles. The predicted octanol–water partition coefficient (Wildman–Crippen LogP) is 4.70. The Hall–Kier alpha value is -2.69. The molecule has 4 aromatic rings. The molecule has 0 saturated heterocycles. The second-order valence-electron chi connectivity index (χ2n) is 5.70. The second-order valence-corrected chi connectivity index (χ2v) is 5.70. The lowest BCUT2D eigenvalue weighted by Gasteiger charge is -2.08. The molecule has 4 rings (SSSR count). The van der Waals surface area contributed by atoms with Crippen molar-refractivity contribution in [3.63, 3.8) is 0 Å². The van der Waals surface area contributed by atoms with E-state index in [1.807, 2.05) is 25.1 Å². The standard InChI is InChI=1S/C18H16FN3O/c1-3-8-22-16-10-13(19)5-6-15(16)20-18(22)12-4-7-17-14(9-12)11(2)21-23-17/h4-7,9-10H,3,8H2,1-2H3. The average molecular weight is 309 g/mol. The SMILES string of the molecule is CCCn1c(-c2ccc3onc(C)c3c2)nc2ccc(F)cc21. The first-order valence-corrected chi connectivity index (χ1v) is 7.69. The number of aryl methyl sites for hydroxylation is 2. The highest BCUT2D eigenvalue weighted by atomic mass is 19.1. The van der Waals surface area contributed by atoms with Gasteiger partial charge in [-0.1, -0.05) is 12.1 Å². The van der Waals surface area contributed by atoms with Crippen molar-refractivity contribution in [3.8, 4) is 11.4 Å². The van der Waals surface area contributed by atoms with Crippen molar-refractivity contribution < 1.29 is 8.91 Å². The number of halogens is 1. The van der Waals surface area contributed by atoms with Gasteiger partial charge in [0.2, 0.25) is 0 Å². The summed E-state index contributed by atoms with van der Waals surface area (Å²) in [5.74, 6) is 0.599. The van der Waals surface area contributed by atoms with Gasteiger partial charge in [0.05, 0.1) is 16.7 Å². The van der Waals surface area contributed by atoms with E-state index in [4.69, 9.17) is 9.51 Å². The molecule has 4 nitrogen and oxygen atoms in total. The summed E-state index contributed by atoms with van der Waals surface area (Å²) in [4.78, 5) is 4.71. The fourth-order valence-electron chi connectivity index (χ4n) is 2.96. The Labute approximate surface area is 132 Å². The van der Waals surface area contributed by atoms with Crippen LogP contribution in [0, 0.1) is 12.7 Å². The summed E-state index contributed by atoms with van der Waals surface area (Å²) >= 11 is 0. The topological polar surface area (TPSA) is 43.9 Å². The molecule has 0 unspecified atom stereocenters. The molecular formula is C18H16FN3O. The molecule has 0 fully saturated rings. The predicted molar refractivity (Wildman–Crippen MR) is 87.7 cm³/mol. The monoisotopic (exact) mass is 309 g/mol. The Bertz CT molecular complexity index is 1020. The molecule has 2 heterocycles. The molecule has 2 aromatic carbocycles. The first-order chi connectivity index (χ1) is 11.2.